The molecular formula is C7H10N4O2. The Labute approximate surface area is 74.9 Å². The first-order chi connectivity index (χ1) is 6.22. The zero-order chi connectivity index (χ0) is 10.1. The summed E-state index contributed by atoms with van der Waals surface area (Å²) >= 11 is 0. The summed E-state index contributed by atoms with van der Waals surface area (Å²) in [4.78, 5) is 8.36. The highest BCUT2D eigenvalue weighted by Crippen LogP contribution is 1.92. The third kappa shape index (κ3) is 5.19. The first kappa shape index (κ1) is 10.9. The largest absolute Gasteiger partial charge is 0.483 e. The van der Waals surface area contributed by atoms with E-state index in [4.69, 9.17) is 21.0 Å². The van der Waals surface area contributed by atoms with Crippen LogP contribution in [0.5, 0.6) is 0 Å². The van der Waals surface area contributed by atoms with Gasteiger partial charge in [0, 0.05) is 11.8 Å². The molecule has 6 nitrogen and oxygen atoms in total. The summed E-state index contributed by atoms with van der Waals surface area (Å²) in [7, 11) is 0. The molecule has 0 aliphatic carbocycles. The number of rotatable bonds is 1. The lowest BCUT2D eigenvalue weighted by Gasteiger charge is -1.92. The van der Waals surface area contributed by atoms with Crippen molar-refractivity contribution in [1.82, 2.24) is 5.43 Å². The van der Waals surface area contributed by atoms with E-state index in [0.717, 1.165) is 0 Å². The highest BCUT2D eigenvalue weighted by Gasteiger charge is 1.95. The fourth-order valence-corrected chi connectivity index (χ4v) is 0.547. The number of amidine groups is 1. The van der Waals surface area contributed by atoms with Crippen LogP contribution in [0.15, 0.2) is 29.0 Å². The Balaban J connectivity index is 0.000000424. The van der Waals surface area contributed by atoms with Crippen LogP contribution < -0.4 is 11.2 Å². The zero-order valence-electron chi connectivity index (χ0n) is 6.77. The second kappa shape index (κ2) is 6.59. The smallest absolute Gasteiger partial charge is 0.290 e. The monoisotopic (exact) mass is 182 g/mol. The van der Waals surface area contributed by atoms with Crippen molar-refractivity contribution < 1.29 is 9.90 Å². The van der Waals surface area contributed by atoms with Gasteiger partial charge in [-0.2, -0.15) is 5.10 Å². The Kier molecular flexibility index (Phi) is 5.52. The molecule has 1 aliphatic rings. The van der Waals surface area contributed by atoms with Crippen LogP contribution in [0.3, 0.4) is 0 Å². The number of carboxylic acid groups (broad SMARTS) is 1. The van der Waals surface area contributed by atoms with E-state index in [1.165, 1.54) is 6.21 Å². The SMILES string of the molecule is N=C(N)C1=CC=CNN=C1.O=CO. The van der Waals surface area contributed by atoms with E-state index in [-0.39, 0.29) is 12.3 Å². The number of nitrogens with two attached hydrogens (primary N) is 1. The number of allylic oxidation sites excluding steroid dienone is 2. The minimum absolute atomic E-state index is 0.0251. The number of nitrogens with zero attached hydrogens (tertiary/aromatic N) is 1. The molecule has 0 saturated carbocycles. The first-order valence-electron chi connectivity index (χ1n) is 3.30. The molecule has 0 aromatic rings. The number of nitrogens with one attached hydrogen (secondary N) is 2. The normalized spacial score (nSPS) is 12.8. The van der Waals surface area contributed by atoms with Crippen LogP contribution in [0.4, 0.5) is 0 Å². The van der Waals surface area contributed by atoms with Crippen LogP contribution >= 0.6 is 0 Å². The molecule has 0 aromatic carbocycles. The second-order valence-corrected chi connectivity index (χ2v) is 1.89. The van der Waals surface area contributed by atoms with Gasteiger partial charge in [-0.1, -0.05) is 0 Å². The van der Waals surface area contributed by atoms with Gasteiger partial charge in [-0.05, 0) is 12.2 Å². The van der Waals surface area contributed by atoms with Gasteiger partial charge in [0.05, 0.1) is 6.21 Å². The Morgan fingerprint density at radius 2 is 2.38 bits per heavy atom. The van der Waals surface area contributed by atoms with Gasteiger partial charge >= 0.3 is 0 Å². The quantitative estimate of drug-likeness (QED) is 0.252. The molecule has 1 rings (SSSR count). The van der Waals surface area contributed by atoms with Gasteiger partial charge < -0.3 is 10.8 Å². The molecule has 6 heteroatoms. The van der Waals surface area contributed by atoms with Crippen molar-refractivity contribution >= 4 is 18.5 Å². The van der Waals surface area contributed by atoms with E-state index in [2.05, 4.69) is 10.5 Å². The Bertz CT molecular complexity index is 268. The molecule has 0 saturated heterocycles. The van der Waals surface area contributed by atoms with Crippen molar-refractivity contribution in [3.8, 4) is 0 Å². The van der Waals surface area contributed by atoms with Crippen molar-refractivity contribution in [2.45, 2.75) is 0 Å². The molecule has 5 N–H and O–H groups in total. The molecular weight excluding hydrogens is 172 g/mol. The molecule has 70 valence electrons. The van der Waals surface area contributed by atoms with Gasteiger partial charge in [-0.15, -0.1) is 0 Å². The van der Waals surface area contributed by atoms with Crippen LogP contribution in [0.1, 0.15) is 0 Å². The lowest BCUT2D eigenvalue weighted by Crippen LogP contribution is -2.13. The van der Waals surface area contributed by atoms with Gasteiger partial charge in [-0.25, -0.2) is 0 Å². The van der Waals surface area contributed by atoms with Crippen LogP contribution in [0, 0.1) is 5.41 Å². The van der Waals surface area contributed by atoms with E-state index in [1.807, 2.05) is 0 Å². The third-order valence-electron chi connectivity index (χ3n) is 1.04. The summed E-state index contributed by atoms with van der Waals surface area (Å²) in [5.74, 6) is 0.0251. The summed E-state index contributed by atoms with van der Waals surface area (Å²) in [6, 6.07) is 0. The van der Waals surface area contributed by atoms with Gasteiger partial charge in [0.2, 0.25) is 0 Å². The Morgan fingerprint density at radius 1 is 1.77 bits per heavy atom. The van der Waals surface area contributed by atoms with Gasteiger partial charge in [0.1, 0.15) is 5.84 Å². The van der Waals surface area contributed by atoms with Crippen molar-refractivity contribution in [1.29, 1.82) is 5.41 Å². The minimum atomic E-state index is -0.250. The molecule has 0 atom stereocenters. The molecule has 0 unspecified atom stereocenters. The molecule has 13 heavy (non-hydrogen) atoms. The molecule has 1 heterocycles. The molecule has 0 amide bonds. The van der Waals surface area contributed by atoms with Gasteiger partial charge in [0.15, 0.2) is 0 Å². The average molecular weight is 182 g/mol. The number of hydrogen-bond donors (Lipinski definition) is 4. The fourth-order valence-electron chi connectivity index (χ4n) is 0.547. The average Bonchev–Trinajstić information content (AvgIpc) is 2.32. The minimum Gasteiger partial charge on any atom is -0.483 e. The molecule has 0 aromatic heterocycles. The number of hydrogen-bond acceptors (Lipinski definition) is 4. The van der Waals surface area contributed by atoms with Crippen molar-refractivity contribution in [2.24, 2.45) is 10.8 Å². The van der Waals surface area contributed by atoms with E-state index in [0.29, 0.717) is 5.57 Å². The zero-order valence-corrected chi connectivity index (χ0v) is 6.77. The van der Waals surface area contributed by atoms with Crippen LogP contribution in [-0.4, -0.2) is 23.6 Å². The van der Waals surface area contributed by atoms with Crippen molar-refractivity contribution in [3.63, 3.8) is 0 Å². The maximum absolute atomic E-state index is 8.36. The summed E-state index contributed by atoms with van der Waals surface area (Å²) in [5, 5.41) is 17.7. The van der Waals surface area contributed by atoms with E-state index >= 15 is 0 Å². The fraction of sp³-hybridized carbons (Fsp3) is 0. The maximum atomic E-state index is 8.36. The molecule has 0 radical (unpaired) electrons. The van der Waals surface area contributed by atoms with Crippen LogP contribution in [-0.2, 0) is 4.79 Å². The predicted octanol–water partition coefficient (Wildman–Crippen LogP) is -0.348. The van der Waals surface area contributed by atoms with Crippen molar-refractivity contribution in [2.75, 3.05) is 0 Å². The third-order valence-corrected chi connectivity index (χ3v) is 1.04. The van der Waals surface area contributed by atoms with Gasteiger partial charge in [0.25, 0.3) is 6.47 Å². The summed E-state index contributed by atoms with van der Waals surface area (Å²) in [6.45, 7) is -0.250. The molecule has 0 spiro atoms. The lowest BCUT2D eigenvalue weighted by atomic mass is 10.2. The topological polar surface area (TPSA) is 112 Å². The van der Waals surface area contributed by atoms with Crippen LogP contribution in [0.25, 0.3) is 0 Å². The maximum Gasteiger partial charge on any atom is 0.290 e. The second-order valence-electron chi connectivity index (χ2n) is 1.89. The van der Waals surface area contributed by atoms with Gasteiger partial charge in [-0.3, -0.25) is 15.6 Å². The number of hydrazone groups is 1. The highest BCUT2D eigenvalue weighted by atomic mass is 16.3. The highest BCUT2D eigenvalue weighted by molar-refractivity contribution is 6.13. The molecule has 1 aliphatic heterocycles. The predicted molar refractivity (Wildman–Crippen MR) is 49.5 cm³/mol. The van der Waals surface area contributed by atoms with E-state index in [1.54, 1.807) is 18.4 Å². The standard InChI is InChI=1S/C6H8N4.CH2O2/c7-6(8)5-2-1-3-9-10-4-5;2-1-3/h1-4,9H,(H3,7,8);1H,(H,2,3). The summed E-state index contributed by atoms with van der Waals surface area (Å²) < 4.78 is 0. The summed E-state index contributed by atoms with van der Waals surface area (Å²) in [5.41, 5.74) is 8.43. The first-order valence-corrected chi connectivity index (χ1v) is 3.30. The summed E-state index contributed by atoms with van der Waals surface area (Å²) in [6.07, 6.45) is 6.62. The lowest BCUT2D eigenvalue weighted by molar-refractivity contribution is -0.122. The molecule has 0 bridgehead atoms. The van der Waals surface area contributed by atoms with E-state index in [9.17, 15) is 0 Å². The van der Waals surface area contributed by atoms with E-state index < -0.39 is 0 Å². The van der Waals surface area contributed by atoms with Crippen LogP contribution in [0.2, 0.25) is 0 Å². The number of carbonyl (C=O) groups is 1. The Morgan fingerprint density at radius 3 is 2.92 bits per heavy atom. The van der Waals surface area contributed by atoms with Crippen molar-refractivity contribution in [3.05, 3.63) is 23.9 Å². The Hall–Kier alpha value is -2.11. The molecule has 0 fully saturated rings.